The topological polar surface area (TPSA) is 151 Å². The van der Waals surface area contributed by atoms with E-state index in [1.54, 1.807) is 36.4 Å². The molecule has 0 radical (unpaired) electrons. The zero-order chi connectivity index (χ0) is 28.1. The largest absolute Gasteiger partial charge is 0.472 e. The number of benzene rings is 1. The number of carbonyl (C=O) groups is 2. The van der Waals surface area contributed by atoms with Gasteiger partial charge in [-0.3, -0.25) is 19.9 Å². The van der Waals surface area contributed by atoms with Crippen molar-refractivity contribution in [3.05, 3.63) is 69.0 Å². The highest BCUT2D eigenvalue weighted by Gasteiger charge is 2.33. The van der Waals surface area contributed by atoms with Gasteiger partial charge in [0.1, 0.15) is 24.1 Å². The molecule has 2 fully saturated rings. The van der Waals surface area contributed by atoms with E-state index >= 15 is 0 Å². The van der Waals surface area contributed by atoms with E-state index in [0.29, 0.717) is 55.5 Å². The van der Waals surface area contributed by atoms with E-state index in [4.69, 9.17) is 20.6 Å². The van der Waals surface area contributed by atoms with Crippen molar-refractivity contribution in [2.45, 2.75) is 25.4 Å². The maximum atomic E-state index is 13.4. The maximum absolute atomic E-state index is 13.4. The highest BCUT2D eigenvalue weighted by molar-refractivity contribution is 7.12. The van der Waals surface area contributed by atoms with Crippen molar-refractivity contribution >= 4 is 29.0 Å². The lowest BCUT2D eigenvalue weighted by atomic mass is 9.92. The first kappa shape index (κ1) is 27.5. The van der Waals surface area contributed by atoms with Crippen molar-refractivity contribution in [2.24, 2.45) is 5.73 Å². The number of likely N-dealkylation sites (tertiary alicyclic amines) is 1. The van der Waals surface area contributed by atoms with Crippen molar-refractivity contribution in [3.8, 4) is 11.9 Å². The number of rotatable bonds is 8. The summed E-state index contributed by atoms with van der Waals surface area (Å²) >= 11 is 1.29. The third-order valence-corrected chi connectivity index (χ3v) is 8.02. The van der Waals surface area contributed by atoms with Crippen molar-refractivity contribution in [1.29, 1.82) is 10.7 Å². The molecule has 11 nitrogen and oxygen atoms in total. The third kappa shape index (κ3) is 6.07. The molecule has 1 amide bonds. The van der Waals surface area contributed by atoms with Gasteiger partial charge in [0.15, 0.2) is 0 Å². The first-order chi connectivity index (χ1) is 19.4. The minimum Gasteiger partial charge on any atom is -0.472 e. The number of piperidine rings is 1. The van der Waals surface area contributed by atoms with Crippen LogP contribution in [0.25, 0.3) is 0 Å². The lowest BCUT2D eigenvalue weighted by molar-refractivity contribution is -0.136. The third-order valence-electron chi connectivity index (χ3n) is 7.16. The summed E-state index contributed by atoms with van der Waals surface area (Å²) in [5.41, 5.74) is 7.68. The molecule has 0 spiro atoms. The van der Waals surface area contributed by atoms with Crippen LogP contribution in [-0.4, -0.2) is 83.2 Å². The van der Waals surface area contributed by atoms with Crippen LogP contribution in [-0.2, 0) is 16.1 Å². The van der Waals surface area contributed by atoms with E-state index in [9.17, 15) is 14.9 Å². The number of hydrogen-bond donors (Lipinski definition) is 2. The molecule has 12 heteroatoms. The Morgan fingerprint density at radius 2 is 1.98 bits per heavy atom. The molecule has 2 aromatic heterocycles. The van der Waals surface area contributed by atoms with Crippen LogP contribution in [0, 0.1) is 16.7 Å². The van der Waals surface area contributed by atoms with Gasteiger partial charge < -0.3 is 20.1 Å². The van der Waals surface area contributed by atoms with Crippen LogP contribution >= 0.6 is 11.3 Å². The van der Waals surface area contributed by atoms with E-state index in [0.717, 1.165) is 24.9 Å². The Morgan fingerprint density at radius 1 is 1.20 bits per heavy atom. The number of nitrogens with two attached hydrogens (primary N) is 1. The second-order valence-corrected chi connectivity index (χ2v) is 10.8. The van der Waals surface area contributed by atoms with E-state index in [1.807, 2.05) is 10.3 Å². The predicted octanol–water partition coefficient (Wildman–Crippen LogP) is 2.41. The van der Waals surface area contributed by atoms with Gasteiger partial charge in [0, 0.05) is 31.1 Å². The molecular formula is C28H31N7O4S. The van der Waals surface area contributed by atoms with Gasteiger partial charge in [-0.15, -0.1) is 11.3 Å². The molecule has 0 bridgehead atoms. The SMILES string of the molecule is N#Cc1c(C2CCCN(CC(=O)N3CCOCC3)C2)nn(C(=O)c2cccs2)c1OCc1ccc(C(=N)N)cc1. The van der Waals surface area contributed by atoms with Crippen LogP contribution in [0.2, 0.25) is 0 Å². The van der Waals surface area contributed by atoms with Gasteiger partial charge in [-0.1, -0.05) is 30.3 Å². The first-order valence-electron chi connectivity index (χ1n) is 13.2. The molecule has 2 aliphatic heterocycles. The number of nitrogen functional groups attached to an aromatic ring is 1. The molecule has 4 heterocycles. The van der Waals surface area contributed by atoms with E-state index in [-0.39, 0.29) is 41.6 Å². The Morgan fingerprint density at radius 3 is 2.65 bits per heavy atom. The van der Waals surface area contributed by atoms with Crippen LogP contribution in [0.4, 0.5) is 0 Å². The average molecular weight is 562 g/mol. The molecule has 2 saturated heterocycles. The molecule has 40 heavy (non-hydrogen) atoms. The summed E-state index contributed by atoms with van der Waals surface area (Å²) in [6.07, 6.45) is 1.63. The average Bonchev–Trinajstić information content (AvgIpc) is 3.65. The Balaban J connectivity index is 1.39. The lowest BCUT2D eigenvalue weighted by Crippen LogP contribution is -2.47. The first-order valence-corrected chi connectivity index (χ1v) is 14.1. The Bertz CT molecular complexity index is 1410. The molecule has 2 aliphatic rings. The zero-order valence-corrected chi connectivity index (χ0v) is 22.9. The fraction of sp³-hybridized carbons (Fsp3) is 0.393. The number of hydrogen-bond acceptors (Lipinski definition) is 9. The number of carbonyl (C=O) groups excluding carboxylic acids is 2. The van der Waals surface area contributed by atoms with Crippen molar-refractivity contribution < 1.29 is 19.1 Å². The number of amidine groups is 1. The van der Waals surface area contributed by atoms with Crippen molar-refractivity contribution in [3.63, 3.8) is 0 Å². The summed E-state index contributed by atoms with van der Waals surface area (Å²) in [6.45, 7) is 4.04. The number of amides is 1. The Kier molecular flexibility index (Phi) is 8.54. The van der Waals surface area contributed by atoms with Crippen LogP contribution in [0.1, 0.15) is 50.8 Å². The normalized spacial score (nSPS) is 17.8. The summed E-state index contributed by atoms with van der Waals surface area (Å²) in [5, 5.41) is 24.3. The number of thiophene rings is 1. The van der Waals surface area contributed by atoms with Gasteiger partial charge in [-0.25, -0.2) is 0 Å². The van der Waals surface area contributed by atoms with Crippen LogP contribution in [0.5, 0.6) is 5.88 Å². The summed E-state index contributed by atoms with van der Waals surface area (Å²) < 4.78 is 12.7. The quantitative estimate of drug-likeness (QED) is 0.314. The van der Waals surface area contributed by atoms with Crippen molar-refractivity contribution in [1.82, 2.24) is 19.6 Å². The van der Waals surface area contributed by atoms with Gasteiger partial charge in [0.25, 0.3) is 5.91 Å². The lowest BCUT2D eigenvalue weighted by Gasteiger charge is -2.34. The second kappa shape index (κ2) is 12.4. The maximum Gasteiger partial charge on any atom is 0.291 e. The number of nitriles is 1. The molecule has 1 atom stereocenters. The number of nitrogens with zero attached hydrogens (tertiary/aromatic N) is 5. The molecule has 5 rings (SSSR count). The molecule has 1 unspecified atom stereocenters. The molecular weight excluding hydrogens is 530 g/mol. The fourth-order valence-corrected chi connectivity index (χ4v) is 5.69. The molecule has 3 N–H and O–H groups in total. The van der Waals surface area contributed by atoms with Gasteiger partial charge in [0.05, 0.1) is 30.3 Å². The van der Waals surface area contributed by atoms with E-state index in [1.165, 1.54) is 16.0 Å². The summed E-state index contributed by atoms with van der Waals surface area (Å²) in [5.74, 6) is -0.349. The number of aromatic nitrogens is 2. The monoisotopic (exact) mass is 561 g/mol. The van der Waals surface area contributed by atoms with Crippen molar-refractivity contribution in [2.75, 3.05) is 45.9 Å². The standard InChI is InChI=1S/C28H31N7O4S/c29-15-22-25(21-3-1-9-33(16-21)17-24(36)34-10-12-38-13-11-34)32-35(27(37)23-4-2-14-40-23)28(22)39-18-19-5-7-20(8-6-19)26(30)31/h2,4-8,14,21H,1,3,9-13,16-18H2,(H3,30,31). The number of ether oxygens (including phenoxy) is 2. The Hall–Kier alpha value is -4.05. The molecule has 0 aliphatic carbocycles. The Labute approximate surface area is 236 Å². The van der Waals surface area contributed by atoms with Crippen LogP contribution < -0.4 is 10.5 Å². The summed E-state index contributed by atoms with van der Waals surface area (Å²) in [4.78, 5) is 30.7. The molecule has 0 saturated carbocycles. The van der Waals surface area contributed by atoms with Gasteiger partial charge in [-0.2, -0.15) is 15.0 Å². The summed E-state index contributed by atoms with van der Waals surface area (Å²) in [7, 11) is 0. The number of nitrogens with one attached hydrogen (secondary N) is 1. The minimum atomic E-state index is -0.366. The predicted molar refractivity (Wildman–Crippen MR) is 149 cm³/mol. The molecule has 3 aromatic rings. The highest BCUT2D eigenvalue weighted by atomic mass is 32.1. The number of morpholine rings is 1. The highest BCUT2D eigenvalue weighted by Crippen LogP contribution is 2.34. The van der Waals surface area contributed by atoms with Crippen LogP contribution in [0.3, 0.4) is 0 Å². The van der Waals surface area contributed by atoms with Crippen LogP contribution in [0.15, 0.2) is 41.8 Å². The smallest absolute Gasteiger partial charge is 0.291 e. The van der Waals surface area contributed by atoms with Gasteiger partial charge in [-0.05, 0) is 36.4 Å². The second-order valence-electron chi connectivity index (χ2n) is 9.84. The minimum absolute atomic E-state index is 0.0309. The molecule has 208 valence electrons. The fourth-order valence-electron chi connectivity index (χ4n) is 5.04. The van der Waals surface area contributed by atoms with Gasteiger partial charge >= 0.3 is 0 Å². The van der Waals surface area contributed by atoms with E-state index < -0.39 is 0 Å². The summed E-state index contributed by atoms with van der Waals surface area (Å²) in [6, 6.07) is 12.8. The van der Waals surface area contributed by atoms with E-state index in [2.05, 4.69) is 16.1 Å². The molecule has 1 aromatic carbocycles. The zero-order valence-electron chi connectivity index (χ0n) is 22.0. The van der Waals surface area contributed by atoms with Gasteiger partial charge in [0.2, 0.25) is 11.8 Å².